The number of carbonyl (C=O) groups excluding carboxylic acids is 1. The molecule has 0 bridgehead atoms. The molecule has 26 heavy (non-hydrogen) atoms. The van der Waals surface area contributed by atoms with Crippen molar-refractivity contribution in [1.29, 1.82) is 0 Å². The second-order valence-corrected chi connectivity index (χ2v) is 8.42. The number of ether oxygens (including phenoxy) is 2. The van der Waals surface area contributed by atoms with E-state index < -0.39 is 15.4 Å². The lowest BCUT2D eigenvalue weighted by molar-refractivity contribution is -0.138. The molecule has 7 nitrogen and oxygen atoms in total. The Morgan fingerprint density at radius 2 is 1.81 bits per heavy atom. The summed E-state index contributed by atoms with van der Waals surface area (Å²) in [5, 5.41) is -0.684. The van der Waals surface area contributed by atoms with E-state index in [4.69, 9.17) is 13.7 Å². The van der Waals surface area contributed by atoms with Crippen molar-refractivity contribution in [3.63, 3.8) is 0 Å². The van der Waals surface area contributed by atoms with Crippen LogP contribution < -0.4 is 8.92 Å². The van der Waals surface area contributed by atoms with Crippen LogP contribution in [0.5, 0.6) is 11.5 Å². The Hall–Kier alpha value is -1.80. The maximum atomic E-state index is 12.3. The minimum Gasteiger partial charge on any atom is -0.493 e. The molecule has 0 saturated carbocycles. The highest BCUT2D eigenvalue weighted by Crippen LogP contribution is 2.31. The van der Waals surface area contributed by atoms with Crippen molar-refractivity contribution in [1.82, 2.24) is 4.90 Å². The van der Waals surface area contributed by atoms with Crippen LogP contribution in [0.15, 0.2) is 18.2 Å². The van der Waals surface area contributed by atoms with Gasteiger partial charge in [0.1, 0.15) is 6.61 Å². The van der Waals surface area contributed by atoms with Gasteiger partial charge in [-0.3, -0.25) is 4.79 Å². The molecular weight excluding hydrogens is 358 g/mol. The summed E-state index contributed by atoms with van der Waals surface area (Å²) in [6, 6.07) is 5.02. The number of rotatable bonds is 10. The van der Waals surface area contributed by atoms with Gasteiger partial charge in [-0.05, 0) is 44.9 Å². The van der Waals surface area contributed by atoms with E-state index in [0.717, 1.165) is 12.0 Å². The molecule has 1 amide bonds. The quantitative estimate of drug-likeness (QED) is 0.574. The van der Waals surface area contributed by atoms with Crippen LogP contribution in [0.4, 0.5) is 0 Å². The number of nitrogens with zero attached hydrogens (tertiary/aromatic N) is 1. The van der Waals surface area contributed by atoms with E-state index in [0.29, 0.717) is 12.3 Å². The van der Waals surface area contributed by atoms with Gasteiger partial charge in [0.25, 0.3) is 0 Å². The molecular formula is C18H29NO6S. The summed E-state index contributed by atoms with van der Waals surface area (Å²) in [6.07, 6.45) is 0.788. The molecule has 0 unspecified atom stereocenters. The lowest BCUT2D eigenvalue weighted by Crippen LogP contribution is -2.39. The van der Waals surface area contributed by atoms with Gasteiger partial charge < -0.3 is 18.6 Å². The zero-order valence-electron chi connectivity index (χ0n) is 16.3. The summed E-state index contributed by atoms with van der Waals surface area (Å²) in [5.41, 5.74) is 0.740. The number of methoxy groups -OCH3 is 2. The summed E-state index contributed by atoms with van der Waals surface area (Å²) in [4.78, 5) is 14.0. The van der Waals surface area contributed by atoms with Gasteiger partial charge >= 0.3 is 10.1 Å². The molecule has 0 radical (unpaired) electrons. The second kappa shape index (κ2) is 9.78. The third-order valence-corrected chi connectivity index (χ3v) is 5.64. The van der Waals surface area contributed by atoms with E-state index in [9.17, 15) is 13.2 Å². The Labute approximate surface area is 156 Å². The van der Waals surface area contributed by atoms with Gasteiger partial charge in [-0.2, -0.15) is 8.42 Å². The Balaban J connectivity index is 3.16. The van der Waals surface area contributed by atoms with Crippen molar-refractivity contribution < 1.29 is 26.9 Å². The average molecular weight is 387 g/mol. The van der Waals surface area contributed by atoms with Crippen LogP contribution in [0.1, 0.15) is 39.7 Å². The van der Waals surface area contributed by atoms with E-state index in [1.54, 1.807) is 36.9 Å². The minimum absolute atomic E-state index is 0.00835. The van der Waals surface area contributed by atoms with Crippen molar-refractivity contribution in [2.45, 2.75) is 52.0 Å². The van der Waals surface area contributed by atoms with Gasteiger partial charge in [0.15, 0.2) is 11.5 Å². The highest BCUT2D eigenvalue weighted by molar-refractivity contribution is 7.87. The van der Waals surface area contributed by atoms with Crippen molar-refractivity contribution >= 4 is 16.0 Å². The van der Waals surface area contributed by atoms with Gasteiger partial charge in [0.05, 0.1) is 12.4 Å². The predicted octanol–water partition coefficient (Wildman–Crippen LogP) is 2.59. The first-order valence-electron chi connectivity index (χ1n) is 8.54. The lowest BCUT2D eigenvalue weighted by atomic mass is 10.1. The standard InChI is InChI=1S/C18H29NO6S/c1-7-14(4)19(18(20)12-23-5)11-15-8-9-16(24-6)17(10-15)25-26(21,22)13(2)3/h8-10,13-14H,7,11-12H2,1-6H3/t14-/m1/s1. The molecule has 0 aromatic heterocycles. The molecule has 1 aromatic carbocycles. The number of amides is 1. The molecule has 0 aliphatic carbocycles. The van der Waals surface area contributed by atoms with Crippen molar-refractivity contribution in [3.05, 3.63) is 23.8 Å². The molecule has 0 spiro atoms. The van der Waals surface area contributed by atoms with Crippen LogP contribution >= 0.6 is 0 Å². The fourth-order valence-electron chi connectivity index (χ4n) is 2.22. The third kappa shape index (κ3) is 5.88. The van der Waals surface area contributed by atoms with E-state index in [-0.39, 0.29) is 24.3 Å². The highest BCUT2D eigenvalue weighted by atomic mass is 32.2. The second-order valence-electron chi connectivity index (χ2n) is 6.32. The Bertz CT molecular complexity index is 702. The summed E-state index contributed by atoms with van der Waals surface area (Å²) >= 11 is 0. The Morgan fingerprint density at radius 1 is 1.15 bits per heavy atom. The van der Waals surface area contributed by atoms with Crippen LogP contribution in [-0.4, -0.2) is 51.3 Å². The molecule has 0 N–H and O–H groups in total. The molecule has 0 saturated heterocycles. The average Bonchev–Trinajstić information content (AvgIpc) is 2.58. The summed E-state index contributed by atoms with van der Waals surface area (Å²) in [7, 11) is -0.839. The molecule has 0 fully saturated rings. The minimum atomic E-state index is -3.76. The van der Waals surface area contributed by atoms with Crippen LogP contribution in [0.2, 0.25) is 0 Å². The number of carbonyl (C=O) groups is 1. The van der Waals surface area contributed by atoms with Gasteiger partial charge in [0.2, 0.25) is 5.91 Å². The maximum Gasteiger partial charge on any atom is 0.311 e. The normalized spacial score (nSPS) is 12.7. The van der Waals surface area contributed by atoms with Gasteiger partial charge in [-0.1, -0.05) is 13.0 Å². The first-order valence-corrected chi connectivity index (χ1v) is 10.0. The molecule has 1 atom stereocenters. The number of benzene rings is 1. The molecule has 0 aliphatic heterocycles. The third-order valence-electron chi connectivity index (χ3n) is 4.08. The molecule has 0 aliphatic rings. The van der Waals surface area contributed by atoms with Crippen LogP contribution in [0, 0.1) is 0 Å². The first-order chi connectivity index (χ1) is 12.2. The molecule has 1 rings (SSSR count). The number of hydrogen-bond donors (Lipinski definition) is 0. The monoisotopic (exact) mass is 387 g/mol. The lowest BCUT2D eigenvalue weighted by Gasteiger charge is -2.28. The van der Waals surface area contributed by atoms with Crippen LogP contribution in [-0.2, 0) is 26.2 Å². The topological polar surface area (TPSA) is 82.1 Å². The maximum absolute atomic E-state index is 12.3. The molecule has 1 aromatic rings. The molecule has 0 heterocycles. The SMILES string of the molecule is CC[C@@H](C)N(Cc1ccc(OC)c(OS(=O)(=O)C(C)C)c1)C(=O)COC. The summed E-state index contributed by atoms with van der Waals surface area (Å²) in [6.45, 7) is 7.34. The van der Waals surface area contributed by atoms with Crippen molar-refractivity contribution in [2.24, 2.45) is 0 Å². The van der Waals surface area contributed by atoms with Crippen LogP contribution in [0.3, 0.4) is 0 Å². The zero-order valence-corrected chi connectivity index (χ0v) is 17.1. The fraction of sp³-hybridized carbons (Fsp3) is 0.611. The largest absolute Gasteiger partial charge is 0.493 e. The fourth-order valence-corrected chi connectivity index (χ4v) is 2.79. The molecule has 8 heteroatoms. The summed E-state index contributed by atoms with van der Waals surface area (Å²) < 4.78 is 39.6. The van der Waals surface area contributed by atoms with Crippen molar-refractivity contribution in [3.8, 4) is 11.5 Å². The zero-order chi connectivity index (χ0) is 19.9. The van der Waals surface area contributed by atoms with Crippen molar-refractivity contribution in [2.75, 3.05) is 20.8 Å². The van der Waals surface area contributed by atoms with E-state index in [2.05, 4.69) is 0 Å². The predicted molar refractivity (Wildman–Crippen MR) is 99.9 cm³/mol. The number of hydrogen-bond acceptors (Lipinski definition) is 6. The Morgan fingerprint density at radius 3 is 2.31 bits per heavy atom. The van der Waals surface area contributed by atoms with E-state index in [1.165, 1.54) is 14.2 Å². The summed E-state index contributed by atoms with van der Waals surface area (Å²) in [5.74, 6) is 0.299. The molecule has 148 valence electrons. The van der Waals surface area contributed by atoms with Gasteiger partial charge in [0, 0.05) is 19.7 Å². The van der Waals surface area contributed by atoms with Crippen LogP contribution in [0.25, 0.3) is 0 Å². The van der Waals surface area contributed by atoms with Gasteiger partial charge in [-0.25, -0.2) is 0 Å². The highest BCUT2D eigenvalue weighted by Gasteiger charge is 2.23. The Kier molecular flexibility index (Phi) is 8.36. The van der Waals surface area contributed by atoms with E-state index >= 15 is 0 Å². The smallest absolute Gasteiger partial charge is 0.311 e. The van der Waals surface area contributed by atoms with E-state index in [1.807, 2.05) is 13.8 Å². The van der Waals surface area contributed by atoms with Gasteiger partial charge in [-0.15, -0.1) is 0 Å². The first kappa shape index (κ1) is 22.2.